The minimum Gasteiger partial charge on any atom is -0.493 e. The van der Waals surface area contributed by atoms with Gasteiger partial charge < -0.3 is 19.1 Å². The number of halogens is 1. The first kappa shape index (κ1) is 14.9. The van der Waals surface area contributed by atoms with Crippen molar-refractivity contribution in [1.29, 1.82) is 0 Å². The highest BCUT2D eigenvalue weighted by Crippen LogP contribution is 2.36. The van der Waals surface area contributed by atoms with Gasteiger partial charge >= 0.3 is 0 Å². The molecule has 6 heteroatoms. The molecule has 0 radical (unpaired) electrons. The Morgan fingerprint density at radius 3 is 2.80 bits per heavy atom. The second-order valence-corrected chi connectivity index (χ2v) is 5.14. The highest BCUT2D eigenvalue weighted by molar-refractivity contribution is 9.10. The Morgan fingerprint density at radius 1 is 1.40 bits per heavy atom. The lowest BCUT2D eigenvalue weighted by Crippen LogP contribution is -2.09. The Bertz CT molecular complexity index is 584. The van der Waals surface area contributed by atoms with Crippen molar-refractivity contribution in [3.8, 4) is 11.5 Å². The van der Waals surface area contributed by atoms with Crippen molar-refractivity contribution in [1.82, 2.24) is 9.55 Å². The molecule has 1 aromatic heterocycles. The molecule has 0 fully saturated rings. The standard InChI is InChI=1S/C14H17BrN2O3/c1-10-16-3-4-17(10)5-6-20-14-12(15)7-11(9-18)8-13(14)19-2/h3-4,7-8,18H,5-6,9H2,1-2H3. The van der Waals surface area contributed by atoms with Gasteiger partial charge in [-0.1, -0.05) is 0 Å². The van der Waals surface area contributed by atoms with E-state index >= 15 is 0 Å². The van der Waals surface area contributed by atoms with Crippen LogP contribution in [0.4, 0.5) is 0 Å². The molecule has 0 aliphatic rings. The smallest absolute Gasteiger partial charge is 0.175 e. The van der Waals surface area contributed by atoms with Crippen molar-refractivity contribution in [3.05, 3.63) is 40.4 Å². The zero-order valence-electron chi connectivity index (χ0n) is 11.5. The molecule has 0 bridgehead atoms. The van der Waals surface area contributed by atoms with Gasteiger partial charge in [0.05, 0.1) is 24.7 Å². The number of nitrogens with zero attached hydrogens (tertiary/aromatic N) is 2. The minimum absolute atomic E-state index is 0.0382. The topological polar surface area (TPSA) is 56.5 Å². The first-order chi connectivity index (χ1) is 9.65. The van der Waals surface area contributed by atoms with E-state index in [-0.39, 0.29) is 6.61 Å². The predicted molar refractivity (Wildman–Crippen MR) is 79.1 cm³/mol. The van der Waals surface area contributed by atoms with Crippen molar-refractivity contribution in [2.24, 2.45) is 0 Å². The molecule has 0 aliphatic heterocycles. The molecular formula is C14H17BrN2O3. The number of aryl methyl sites for hydroxylation is 1. The van der Waals surface area contributed by atoms with Gasteiger partial charge in [0.2, 0.25) is 0 Å². The third-order valence-corrected chi connectivity index (χ3v) is 3.56. The normalized spacial score (nSPS) is 10.6. The fraction of sp³-hybridized carbons (Fsp3) is 0.357. The number of imidazole rings is 1. The molecule has 2 rings (SSSR count). The first-order valence-electron chi connectivity index (χ1n) is 6.23. The Morgan fingerprint density at radius 2 is 2.20 bits per heavy atom. The summed E-state index contributed by atoms with van der Waals surface area (Å²) in [6.45, 7) is 3.13. The van der Waals surface area contributed by atoms with E-state index in [4.69, 9.17) is 9.47 Å². The minimum atomic E-state index is -0.0382. The van der Waals surface area contributed by atoms with Crippen LogP contribution >= 0.6 is 15.9 Å². The Kier molecular flexibility index (Phi) is 5.03. The number of hydrogen-bond donors (Lipinski definition) is 1. The predicted octanol–water partition coefficient (Wildman–Crippen LogP) is 2.53. The quantitative estimate of drug-likeness (QED) is 0.877. The zero-order valence-corrected chi connectivity index (χ0v) is 13.1. The molecule has 0 unspecified atom stereocenters. The molecule has 20 heavy (non-hydrogen) atoms. The van der Waals surface area contributed by atoms with Crippen molar-refractivity contribution in [3.63, 3.8) is 0 Å². The molecular weight excluding hydrogens is 324 g/mol. The molecule has 1 N–H and O–H groups in total. The number of benzene rings is 1. The van der Waals surface area contributed by atoms with Gasteiger partial charge in [-0.2, -0.15) is 0 Å². The lowest BCUT2D eigenvalue weighted by molar-refractivity contribution is 0.270. The molecule has 5 nitrogen and oxygen atoms in total. The molecule has 108 valence electrons. The van der Waals surface area contributed by atoms with Crippen molar-refractivity contribution in [2.75, 3.05) is 13.7 Å². The fourth-order valence-corrected chi connectivity index (χ4v) is 2.49. The first-order valence-corrected chi connectivity index (χ1v) is 7.02. The largest absolute Gasteiger partial charge is 0.493 e. The fourth-order valence-electron chi connectivity index (χ4n) is 1.89. The van der Waals surface area contributed by atoms with Crippen molar-refractivity contribution in [2.45, 2.75) is 20.1 Å². The summed E-state index contributed by atoms with van der Waals surface area (Å²) >= 11 is 3.44. The van der Waals surface area contributed by atoms with Gasteiger partial charge in [0.1, 0.15) is 12.4 Å². The maximum Gasteiger partial charge on any atom is 0.175 e. The van der Waals surface area contributed by atoms with Crippen LogP contribution in [0.2, 0.25) is 0 Å². The van der Waals surface area contributed by atoms with Crippen molar-refractivity contribution >= 4 is 15.9 Å². The zero-order chi connectivity index (χ0) is 14.5. The van der Waals surface area contributed by atoms with Crippen molar-refractivity contribution < 1.29 is 14.6 Å². The summed E-state index contributed by atoms with van der Waals surface area (Å²) in [4.78, 5) is 4.16. The number of aliphatic hydroxyl groups excluding tert-OH is 1. The molecule has 1 heterocycles. The highest BCUT2D eigenvalue weighted by atomic mass is 79.9. The number of aromatic nitrogens is 2. The van der Waals surface area contributed by atoms with Crippen LogP contribution in [0.15, 0.2) is 29.0 Å². The lowest BCUT2D eigenvalue weighted by atomic mass is 10.2. The van der Waals surface area contributed by atoms with Gasteiger partial charge in [-0.15, -0.1) is 0 Å². The van der Waals surface area contributed by atoms with E-state index in [0.717, 1.165) is 15.9 Å². The number of ether oxygens (including phenoxy) is 2. The number of aliphatic hydroxyl groups is 1. The maximum absolute atomic E-state index is 9.18. The molecule has 2 aromatic rings. The van der Waals surface area contributed by atoms with Crippen LogP contribution in [0.3, 0.4) is 0 Å². The van der Waals surface area contributed by atoms with E-state index < -0.39 is 0 Å². The third kappa shape index (κ3) is 3.32. The summed E-state index contributed by atoms with van der Waals surface area (Å²) in [6.07, 6.45) is 3.68. The monoisotopic (exact) mass is 340 g/mol. The average molecular weight is 341 g/mol. The summed E-state index contributed by atoms with van der Waals surface area (Å²) in [5.41, 5.74) is 0.770. The van der Waals surface area contributed by atoms with Crippen LogP contribution < -0.4 is 9.47 Å². The summed E-state index contributed by atoms with van der Waals surface area (Å²) in [7, 11) is 1.58. The van der Waals surface area contributed by atoms with Crippen LogP contribution in [0.25, 0.3) is 0 Å². The van der Waals surface area contributed by atoms with Gasteiger partial charge in [-0.25, -0.2) is 4.98 Å². The van der Waals surface area contributed by atoms with Gasteiger partial charge in [0.25, 0.3) is 0 Å². The van der Waals surface area contributed by atoms with E-state index in [1.54, 1.807) is 19.4 Å². The van der Waals surface area contributed by atoms with Gasteiger partial charge in [-0.3, -0.25) is 0 Å². The second-order valence-electron chi connectivity index (χ2n) is 4.28. The van der Waals surface area contributed by atoms with E-state index in [1.807, 2.05) is 23.8 Å². The number of methoxy groups -OCH3 is 1. The van der Waals surface area contributed by atoms with Gasteiger partial charge in [-0.05, 0) is 40.5 Å². The molecule has 0 amide bonds. The number of hydrogen-bond acceptors (Lipinski definition) is 4. The maximum atomic E-state index is 9.18. The SMILES string of the molecule is COc1cc(CO)cc(Br)c1OCCn1ccnc1C. The summed E-state index contributed by atoms with van der Waals surface area (Å²) in [5, 5.41) is 9.18. The Labute approximate surface area is 126 Å². The molecule has 0 aliphatic carbocycles. The average Bonchev–Trinajstić information content (AvgIpc) is 2.85. The molecule has 0 saturated carbocycles. The van der Waals surface area contributed by atoms with Crippen LogP contribution in [-0.4, -0.2) is 28.4 Å². The van der Waals surface area contributed by atoms with Crippen LogP contribution in [0, 0.1) is 6.92 Å². The Balaban J connectivity index is 2.07. The molecule has 1 aromatic carbocycles. The summed E-state index contributed by atoms with van der Waals surface area (Å²) in [5.74, 6) is 2.20. The second kappa shape index (κ2) is 6.76. The third-order valence-electron chi connectivity index (χ3n) is 2.97. The van der Waals surface area contributed by atoms with E-state index in [2.05, 4.69) is 20.9 Å². The molecule has 0 spiro atoms. The van der Waals surface area contributed by atoms with Crippen LogP contribution in [0.1, 0.15) is 11.4 Å². The van der Waals surface area contributed by atoms with Crippen LogP contribution in [-0.2, 0) is 13.2 Å². The number of rotatable bonds is 6. The Hall–Kier alpha value is -1.53. The van der Waals surface area contributed by atoms with Crippen LogP contribution in [0.5, 0.6) is 11.5 Å². The summed E-state index contributed by atoms with van der Waals surface area (Å²) in [6, 6.07) is 3.59. The summed E-state index contributed by atoms with van der Waals surface area (Å²) < 4.78 is 13.9. The lowest BCUT2D eigenvalue weighted by Gasteiger charge is -2.14. The molecule has 0 atom stereocenters. The van der Waals surface area contributed by atoms with E-state index in [0.29, 0.717) is 24.7 Å². The molecule has 0 saturated heterocycles. The highest BCUT2D eigenvalue weighted by Gasteiger charge is 2.11. The van der Waals surface area contributed by atoms with E-state index in [1.165, 1.54) is 0 Å². The van der Waals surface area contributed by atoms with Gasteiger partial charge in [0, 0.05) is 12.4 Å². The van der Waals surface area contributed by atoms with E-state index in [9.17, 15) is 5.11 Å². The van der Waals surface area contributed by atoms with Gasteiger partial charge in [0.15, 0.2) is 11.5 Å².